The van der Waals surface area contributed by atoms with Crippen molar-refractivity contribution in [3.8, 4) is 11.3 Å². The van der Waals surface area contributed by atoms with Crippen LogP contribution in [0.25, 0.3) is 17.4 Å². The molecule has 1 fully saturated rings. The molecule has 0 saturated carbocycles. The number of aliphatic imine (C=N–C) groups is 1. The first kappa shape index (κ1) is 22.0. The summed E-state index contributed by atoms with van der Waals surface area (Å²) in [6, 6.07) is 16.1. The third kappa shape index (κ3) is 4.55. The summed E-state index contributed by atoms with van der Waals surface area (Å²) in [4.78, 5) is 41.3. The first-order valence-corrected chi connectivity index (χ1v) is 10.5. The monoisotopic (exact) mass is 463 g/mol. The van der Waals surface area contributed by atoms with E-state index in [0.29, 0.717) is 38.4 Å². The van der Waals surface area contributed by atoms with E-state index in [1.165, 1.54) is 29.8 Å². The number of methoxy groups -OCH3 is 1. The van der Waals surface area contributed by atoms with Gasteiger partial charge in [0.25, 0.3) is 11.6 Å². The van der Waals surface area contributed by atoms with Crippen molar-refractivity contribution in [1.82, 2.24) is 4.90 Å². The number of para-hydroxylation sites is 1. The van der Waals surface area contributed by atoms with Crippen LogP contribution in [0.4, 0.5) is 11.4 Å². The molecule has 4 rings (SSSR count). The summed E-state index contributed by atoms with van der Waals surface area (Å²) in [6.45, 7) is 0. The maximum atomic E-state index is 12.7. The minimum absolute atomic E-state index is 0.0651. The van der Waals surface area contributed by atoms with Gasteiger partial charge in [0.2, 0.25) is 0 Å². The van der Waals surface area contributed by atoms with Gasteiger partial charge >= 0.3 is 5.97 Å². The molecule has 0 spiro atoms. The van der Waals surface area contributed by atoms with E-state index in [9.17, 15) is 19.7 Å². The molecule has 166 valence electrons. The molecule has 0 radical (unpaired) electrons. The van der Waals surface area contributed by atoms with Crippen LogP contribution in [0.15, 0.2) is 75.0 Å². The van der Waals surface area contributed by atoms with Crippen LogP contribution in [0.2, 0.25) is 0 Å². The van der Waals surface area contributed by atoms with Crippen LogP contribution in [0.3, 0.4) is 0 Å². The summed E-state index contributed by atoms with van der Waals surface area (Å²) in [5.41, 5.74) is 1.26. The molecule has 0 N–H and O–H groups in total. The van der Waals surface area contributed by atoms with Gasteiger partial charge in [0, 0.05) is 19.2 Å². The van der Waals surface area contributed by atoms with Crippen molar-refractivity contribution in [2.24, 2.45) is 4.99 Å². The number of nitrogens with zero attached hydrogens (tertiary/aromatic N) is 3. The molecular formula is C23H17N3O6S. The Morgan fingerprint density at radius 3 is 2.58 bits per heavy atom. The zero-order valence-corrected chi connectivity index (χ0v) is 18.4. The van der Waals surface area contributed by atoms with Crippen molar-refractivity contribution in [2.45, 2.75) is 0 Å². The zero-order chi connectivity index (χ0) is 23.5. The molecule has 33 heavy (non-hydrogen) atoms. The Kier molecular flexibility index (Phi) is 6.09. The third-order valence-corrected chi connectivity index (χ3v) is 5.84. The smallest absolute Gasteiger partial charge is 0.337 e. The quantitative estimate of drug-likeness (QED) is 0.229. The molecule has 0 bridgehead atoms. The van der Waals surface area contributed by atoms with Gasteiger partial charge in [0.15, 0.2) is 5.17 Å². The summed E-state index contributed by atoms with van der Waals surface area (Å²) in [5, 5.41) is 11.7. The number of benzene rings is 2. The number of likely N-dealkylation sites (N-methyl/N-ethyl adjacent to an activating group) is 1. The van der Waals surface area contributed by atoms with Crippen molar-refractivity contribution >= 4 is 46.3 Å². The normalized spacial score (nSPS) is 15.9. The zero-order valence-electron chi connectivity index (χ0n) is 17.6. The summed E-state index contributed by atoms with van der Waals surface area (Å²) in [7, 11) is 2.92. The van der Waals surface area contributed by atoms with E-state index < -0.39 is 10.9 Å². The lowest BCUT2D eigenvalue weighted by molar-refractivity contribution is -0.384. The molecule has 1 aromatic heterocycles. The highest BCUT2D eigenvalue weighted by Gasteiger charge is 2.31. The van der Waals surface area contributed by atoms with Gasteiger partial charge in [-0.15, -0.1) is 0 Å². The fourth-order valence-electron chi connectivity index (χ4n) is 3.10. The van der Waals surface area contributed by atoms with Crippen molar-refractivity contribution in [1.29, 1.82) is 0 Å². The Balaban J connectivity index is 1.57. The predicted octanol–water partition coefficient (Wildman–Crippen LogP) is 4.88. The van der Waals surface area contributed by atoms with Gasteiger partial charge in [-0.3, -0.25) is 19.8 Å². The van der Waals surface area contributed by atoms with Gasteiger partial charge in [0.1, 0.15) is 11.5 Å². The first-order valence-electron chi connectivity index (χ1n) is 9.65. The number of nitro groups is 1. The highest BCUT2D eigenvalue weighted by molar-refractivity contribution is 8.18. The molecule has 0 atom stereocenters. The van der Waals surface area contributed by atoms with Gasteiger partial charge in [-0.1, -0.05) is 12.1 Å². The molecule has 9 nitrogen and oxygen atoms in total. The average molecular weight is 463 g/mol. The number of amides is 1. The molecule has 3 aromatic rings. The van der Waals surface area contributed by atoms with E-state index in [-0.39, 0.29) is 11.6 Å². The second kappa shape index (κ2) is 9.13. The number of carbonyl (C=O) groups excluding carboxylic acids is 2. The largest absolute Gasteiger partial charge is 0.465 e. The van der Waals surface area contributed by atoms with E-state index in [4.69, 9.17) is 4.42 Å². The van der Waals surface area contributed by atoms with Crippen LogP contribution < -0.4 is 0 Å². The lowest BCUT2D eigenvalue weighted by Crippen LogP contribution is -2.23. The van der Waals surface area contributed by atoms with Gasteiger partial charge in [-0.2, -0.15) is 0 Å². The molecule has 2 aromatic carbocycles. The summed E-state index contributed by atoms with van der Waals surface area (Å²) in [6.07, 6.45) is 1.57. The maximum absolute atomic E-state index is 12.7. The average Bonchev–Trinajstić information content (AvgIpc) is 3.39. The number of furan rings is 1. The SMILES string of the molecule is COC(=O)c1ccc(N=C2SC(=Cc3ccc(-c4ccccc4[N+](=O)[O-])o3)C(=O)N2C)cc1. The molecule has 1 saturated heterocycles. The van der Waals surface area contributed by atoms with Gasteiger partial charge in [-0.05, 0) is 54.2 Å². The van der Waals surface area contributed by atoms with E-state index in [0.717, 1.165) is 0 Å². The number of hydrogen-bond acceptors (Lipinski definition) is 8. The molecule has 2 heterocycles. The topological polar surface area (TPSA) is 115 Å². The van der Waals surface area contributed by atoms with Crippen molar-refractivity contribution in [2.75, 3.05) is 14.2 Å². The Bertz CT molecular complexity index is 1310. The number of amidine groups is 1. The summed E-state index contributed by atoms with van der Waals surface area (Å²) >= 11 is 1.17. The fourth-order valence-corrected chi connectivity index (χ4v) is 4.06. The van der Waals surface area contributed by atoms with Crippen LogP contribution in [0.5, 0.6) is 0 Å². The standard InChI is InChI=1S/C23H17N3O6S/c1-25-21(27)20(33-23(25)24-15-9-7-14(8-10-15)22(28)31-2)13-16-11-12-19(32-16)17-5-3-4-6-18(17)26(29)30/h3-13H,1-2H3. The molecule has 1 aliphatic heterocycles. The van der Waals surface area contributed by atoms with Crippen LogP contribution >= 0.6 is 11.8 Å². The molecule has 1 amide bonds. The molecule has 1 aliphatic rings. The minimum atomic E-state index is -0.470. The summed E-state index contributed by atoms with van der Waals surface area (Å²) in [5.74, 6) is 0.0165. The number of nitro benzene ring substituents is 1. The highest BCUT2D eigenvalue weighted by atomic mass is 32.2. The predicted molar refractivity (Wildman–Crippen MR) is 124 cm³/mol. The number of esters is 1. The Morgan fingerprint density at radius 1 is 1.15 bits per heavy atom. The number of carbonyl (C=O) groups is 2. The Hall–Kier alpha value is -4.18. The first-order chi connectivity index (χ1) is 15.9. The lowest BCUT2D eigenvalue weighted by Gasteiger charge is -2.07. The fraction of sp³-hybridized carbons (Fsp3) is 0.0870. The van der Waals surface area contributed by atoms with Gasteiger partial charge < -0.3 is 9.15 Å². The van der Waals surface area contributed by atoms with Crippen molar-refractivity contribution < 1.29 is 23.7 Å². The van der Waals surface area contributed by atoms with Gasteiger partial charge in [-0.25, -0.2) is 9.79 Å². The lowest BCUT2D eigenvalue weighted by atomic mass is 10.1. The van der Waals surface area contributed by atoms with Crippen molar-refractivity contribution in [3.05, 3.63) is 87.0 Å². The van der Waals surface area contributed by atoms with Gasteiger partial charge in [0.05, 0.1) is 33.8 Å². The second-order valence-corrected chi connectivity index (χ2v) is 7.89. The number of thioether (sulfide) groups is 1. The van der Waals surface area contributed by atoms with E-state index in [1.807, 2.05) is 0 Å². The minimum Gasteiger partial charge on any atom is -0.465 e. The van der Waals surface area contributed by atoms with E-state index in [1.54, 1.807) is 67.7 Å². The third-order valence-electron chi connectivity index (χ3n) is 4.78. The van der Waals surface area contributed by atoms with E-state index in [2.05, 4.69) is 9.73 Å². The van der Waals surface area contributed by atoms with Crippen LogP contribution in [-0.4, -0.2) is 41.0 Å². The Labute approximate surface area is 192 Å². The molecule has 10 heteroatoms. The second-order valence-electron chi connectivity index (χ2n) is 6.88. The molecular weight excluding hydrogens is 446 g/mol. The summed E-state index contributed by atoms with van der Waals surface area (Å²) < 4.78 is 10.4. The van der Waals surface area contributed by atoms with E-state index >= 15 is 0 Å². The van der Waals surface area contributed by atoms with Crippen molar-refractivity contribution in [3.63, 3.8) is 0 Å². The molecule has 0 unspecified atom stereocenters. The van der Waals surface area contributed by atoms with Crippen LogP contribution in [0, 0.1) is 10.1 Å². The highest BCUT2D eigenvalue weighted by Crippen LogP contribution is 2.35. The number of rotatable bonds is 5. The number of ether oxygens (including phenoxy) is 1. The number of hydrogen-bond donors (Lipinski definition) is 0. The molecule has 0 aliphatic carbocycles. The Morgan fingerprint density at radius 2 is 1.88 bits per heavy atom. The van der Waals surface area contributed by atoms with Crippen LogP contribution in [0.1, 0.15) is 16.1 Å². The van der Waals surface area contributed by atoms with Crippen LogP contribution in [-0.2, 0) is 9.53 Å². The maximum Gasteiger partial charge on any atom is 0.337 e.